The van der Waals surface area contributed by atoms with Crippen molar-refractivity contribution in [3.8, 4) is 0 Å². The fourth-order valence-electron chi connectivity index (χ4n) is 3.66. The molecule has 31 heavy (non-hydrogen) atoms. The number of aryl methyl sites for hydroxylation is 2. The second-order valence-corrected chi connectivity index (χ2v) is 8.32. The van der Waals surface area contributed by atoms with Crippen molar-refractivity contribution < 1.29 is 19.0 Å². The lowest BCUT2D eigenvalue weighted by atomic mass is 9.96. The number of aliphatic hydroxyl groups excluding tert-OH is 2. The van der Waals surface area contributed by atoms with Crippen molar-refractivity contribution in [2.24, 2.45) is 0 Å². The summed E-state index contributed by atoms with van der Waals surface area (Å²) in [6, 6.07) is 14.5. The number of furan rings is 2. The van der Waals surface area contributed by atoms with E-state index in [2.05, 4.69) is 0 Å². The van der Waals surface area contributed by atoms with Gasteiger partial charge in [0, 0.05) is 21.2 Å². The SMILES string of the molecule is OC(c1ccoc1)c1ccc(CCCc2cocc2C(O)c2cccc(Cl)c2)c(Cl)c1. The van der Waals surface area contributed by atoms with E-state index in [1.54, 1.807) is 36.8 Å². The first-order valence-electron chi connectivity index (χ1n) is 10.00. The van der Waals surface area contributed by atoms with Crippen LogP contribution in [0.3, 0.4) is 0 Å². The highest BCUT2D eigenvalue weighted by Crippen LogP contribution is 2.30. The number of hydrogen-bond acceptors (Lipinski definition) is 4. The molecule has 4 nitrogen and oxygen atoms in total. The number of halogens is 2. The zero-order chi connectivity index (χ0) is 21.8. The van der Waals surface area contributed by atoms with Gasteiger partial charge in [-0.05, 0) is 65.8 Å². The molecular weight excluding hydrogens is 435 g/mol. The third-order valence-electron chi connectivity index (χ3n) is 5.38. The summed E-state index contributed by atoms with van der Waals surface area (Å²) in [7, 11) is 0. The molecule has 0 fully saturated rings. The van der Waals surface area contributed by atoms with Crippen molar-refractivity contribution in [3.05, 3.63) is 117 Å². The molecule has 2 aromatic carbocycles. The van der Waals surface area contributed by atoms with Gasteiger partial charge in [0.05, 0.1) is 25.1 Å². The normalized spacial score (nSPS) is 13.3. The number of rotatable bonds is 8. The summed E-state index contributed by atoms with van der Waals surface area (Å²) >= 11 is 12.5. The van der Waals surface area contributed by atoms with Crippen LogP contribution in [0.15, 0.2) is 82.4 Å². The lowest BCUT2D eigenvalue weighted by molar-refractivity contribution is 0.218. The second-order valence-electron chi connectivity index (χ2n) is 7.47. The van der Waals surface area contributed by atoms with Crippen LogP contribution >= 0.6 is 23.2 Å². The van der Waals surface area contributed by atoms with Crippen LogP contribution in [0, 0.1) is 0 Å². The third-order valence-corrected chi connectivity index (χ3v) is 5.97. The average molecular weight is 457 g/mol. The van der Waals surface area contributed by atoms with Crippen molar-refractivity contribution in [3.63, 3.8) is 0 Å². The zero-order valence-electron chi connectivity index (χ0n) is 16.7. The van der Waals surface area contributed by atoms with Gasteiger partial charge in [-0.1, -0.05) is 47.5 Å². The van der Waals surface area contributed by atoms with Gasteiger partial charge < -0.3 is 19.0 Å². The minimum atomic E-state index is -0.792. The van der Waals surface area contributed by atoms with Crippen LogP contribution in [-0.4, -0.2) is 10.2 Å². The molecule has 4 aromatic rings. The second kappa shape index (κ2) is 9.75. The molecule has 0 amide bonds. The summed E-state index contributed by atoms with van der Waals surface area (Å²) in [5, 5.41) is 22.4. The standard InChI is InChI=1S/C25H22Cl2O4/c26-21-6-2-4-17(11-21)25(29)22-15-31-13-19(22)5-1-3-16-7-8-18(12-23(16)27)24(28)20-9-10-30-14-20/h2,4,6-15,24-25,28-29H,1,3,5H2. The molecule has 0 bridgehead atoms. The number of aliphatic hydroxyl groups is 2. The Morgan fingerprint density at radius 1 is 0.742 bits per heavy atom. The molecule has 2 N–H and O–H groups in total. The fraction of sp³-hybridized carbons (Fsp3) is 0.200. The van der Waals surface area contributed by atoms with E-state index in [0.717, 1.165) is 47.1 Å². The van der Waals surface area contributed by atoms with E-state index in [9.17, 15) is 10.2 Å². The Morgan fingerprint density at radius 2 is 1.55 bits per heavy atom. The summed E-state index contributed by atoms with van der Waals surface area (Å²) < 4.78 is 10.4. The Morgan fingerprint density at radius 3 is 2.29 bits per heavy atom. The Labute approximate surface area is 190 Å². The van der Waals surface area contributed by atoms with E-state index in [1.807, 2.05) is 24.3 Å². The predicted molar refractivity (Wildman–Crippen MR) is 120 cm³/mol. The monoisotopic (exact) mass is 456 g/mol. The van der Waals surface area contributed by atoms with Gasteiger partial charge in [0.2, 0.25) is 0 Å². The van der Waals surface area contributed by atoms with Crippen molar-refractivity contribution >= 4 is 23.2 Å². The van der Waals surface area contributed by atoms with Crippen molar-refractivity contribution in [2.45, 2.75) is 31.5 Å². The maximum atomic E-state index is 10.7. The van der Waals surface area contributed by atoms with Crippen molar-refractivity contribution in [1.29, 1.82) is 0 Å². The molecule has 6 heteroatoms. The van der Waals surface area contributed by atoms with E-state index in [0.29, 0.717) is 15.6 Å². The molecule has 0 aliphatic carbocycles. The van der Waals surface area contributed by atoms with E-state index in [1.165, 1.54) is 12.5 Å². The van der Waals surface area contributed by atoms with E-state index < -0.39 is 12.2 Å². The van der Waals surface area contributed by atoms with Crippen LogP contribution in [0.5, 0.6) is 0 Å². The molecule has 2 unspecified atom stereocenters. The molecule has 0 radical (unpaired) electrons. The van der Waals surface area contributed by atoms with Gasteiger partial charge in [0.15, 0.2) is 0 Å². The lowest BCUT2D eigenvalue weighted by Crippen LogP contribution is -2.02. The molecule has 0 saturated carbocycles. The van der Waals surface area contributed by atoms with Gasteiger partial charge in [-0.2, -0.15) is 0 Å². The summed E-state index contributed by atoms with van der Waals surface area (Å²) in [4.78, 5) is 0. The smallest absolute Gasteiger partial charge is 0.107 e. The lowest BCUT2D eigenvalue weighted by Gasteiger charge is -2.13. The summed E-state index contributed by atoms with van der Waals surface area (Å²) in [6.07, 6.45) is 7.08. The first-order chi connectivity index (χ1) is 15.0. The third kappa shape index (κ3) is 5.05. The quantitative estimate of drug-likeness (QED) is 0.316. The minimum Gasteiger partial charge on any atom is -0.472 e. The largest absolute Gasteiger partial charge is 0.472 e. The number of hydrogen-bond donors (Lipinski definition) is 2. The maximum Gasteiger partial charge on any atom is 0.107 e. The van der Waals surface area contributed by atoms with E-state index >= 15 is 0 Å². The molecule has 2 heterocycles. The highest BCUT2D eigenvalue weighted by molar-refractivity contribution is 6.31. The molecule has 2 atom stereocenters. The Balaban J connectivity index is 1.40. The summed E-state index contributed by atoms with van der Waals surface area (Å²) in [6.45, 7) is 0. The molecule has 0 saturated heterocycles. The van der Waals surface area contributed by atoms with Crippen LogP contribution in [0.2, 0.25) is 10.0 Å². The predicted octanol–water partition coefficient (Wildman–Crippen LogP) is 6.52. The highest BCUT2D eigenvalue weighted by Gasteiger charge is 2.18. The van der Waals surface area contributed by atoms with Crippen LogP contribution < -0.4 is 0 Å². The van der Waals surface area contributed by atoms with Gasteiger partial charge in [-0.25, -0.2) is 0 Å². The topological polar surface area (TPSA) is 66.7 Å². The van der Waals surface area contributed by atoms with Gasteiger partial charge in [0.25, 0.3) is 0 Å². The van der Waals surface area contributed by atoms with Crippen LogP contribution in [0.1, 0.15) is 52.0 Å². The Hall–Kier alpha value is -2.50. The van der Waals surface area contributed by atoms with Crippen LogP contribution in [0.4, 0.5) is 0 Å². The molecule has 0 aliphatic heterocycles. The van der Waals surface area contributed by atoms with Crippen LogP contribution in [0.25, 0.3) is 0 Å². The molecule has 2 aromatic heterocycles. The van der Waals surface area contributed by atoms with E-state index in [4.69, 9.17) is 32.0 Å². The number of benzene rings is 2. The molecule has 4 rings (SSSR count). The first kappa shape index (κ1) is 21.7. The van der Waals surface area contributed by atoms with Crippen molar-refractivity contribution in [1.82, 2.24) is 0 Å². The van der Waals surface area contributed by atoms with Gasteiger partial charge in [0.1, 0.15) is 12.2 Å². The first-order valence-corrected chi connectivity index (χ1v) is 10.8. The Kier molecular flexibility index (Phi) is 6.83. The summed E-state index contributed by atoms with van der Waals surface area (Å²) in [5.41, 5.74) is 4.84. The van der Waals surface area contributed by atoms with Gasteiger partial charge >= 0.3 is 0 Å². The van der Waals surface area contributed by atoms with Crippen LogP contribution in [-0.2, 0) is 12.8 Å². The minimum absolute atomic E-state index is 0.581. The fourth-order valence-corrected chi connectivity index (χ4v) is 4.14. The molecule has 0 spiro atoms. The maximum absolute atomic E-state index is 10.7. The average Bonchev–Trinajstić information content (AvgIpc) is 3.46. The van der Waals surface area contributed by atoms with Crippen molar-refractivity contribution in [2.75, 3.05) is 0 Å². The Bertz CT molecular complexity index is 1130. The summed E-state index contributed by atoms with van der Waals surface area (Å²) in [5.74, 6) is 0. The zero-order valence-corrected chi connectivity index (χ0v) is 18.2. The van der Waals surface area contributed by atoms with E-state index in [-0.39, 0.29) is 0 Å². The highest BCUT2D eigenvalue weighted by atomic mass is 35.5. The van der Waals surface area contributed by atoms with Gasteiger partial charge in [-0.3, -0.25) is 0 Å². The molecular formula is C25H22Cl2O4. The van der Waals surface area contributed by atoms with Gasteiger partial charge in [-0.15, -0.1) is 0 Å². The molecule has 160 valence electrons. The molecule has 0 aliphatic rings.